The third-order valence-corrected chi connectivity index (χ3v) is 6.12. The summed E-state index contributed by atoms with van der Waals surface area (Å²) in [6, 6.07) is 11.5. The lowest BCUT2D eigenvalue weighted by Gasteiger charge is -2.16. The molecule has 1 saturated carbocycles. The standard InChI is InChI=1S/C24H23ClN4O2/c1-15(30)20-8-6-16(13-27-20)12-22-28-14-19(25)21(29-22)9-7-17-4-2-3-5-18(17)24(10-11-24)23(26)31/h2-6,8,13-14H,7,9-12H2,1H3,(H2,26,31). The number of benzene rings is 1. The predicted octanol–water partition coefficient (Wildman–Crippen LogP) is 3.62. The van der Waals surface area contributed by atoms with Crippen LogP contribution in [0.3, 0.4) is 0 Å². The molecule has 0 unspecified atom stereocenters. The maximum atomic E-state index is 12.0. The summed E-state index contributed by atoms with van der Waals surface area (Å²) in [6.45, 7) is 1.49. The van der Waals surface area contributed by atoms with Crippen LogP contribution in [0.1, 0.15) is 58.5 Å². The Morgan fingerprint density at radius 1 is 1.06 bits per heavy atom. The summed E-state index contributed by atoms with van der Waals surface area (Å²) in [7, 11) is 0. The zero-order valence-electron chi connectivity index (χ0n) is 17.3. The summed E-state index contributed by atoms with van der Waals surface area (Å²) in [5.41, 5.74) is 9.39. The number of pyridine rings is 1. The Kier molecular flexibility index (Phi) is 5.83. The van der Waals surface area contributed by atoms with Crippen molar-refractivity contribution < 1.29 is 9.59 Å². The first-order chi connectivity index (χ1) is 14.9. The van der Waals surface area contributed by atoms with Crippen molar-refractivity contribution in [1.29, 1.82) is 0 Å². The highest BCUT2D eigenvalue weighted by Crippen LogP contribution is 2.49. The van der Waals surface area contributed by atoms with Gasteiger partial charge in [-0.15, -0.1) is 0 Å². The van der Waals surface area contributed by atoms with Crippen LogP contribution >= 0.6 is 11.6 Å². The number of hydrogen-bond acceptors (Lipinski definition) is 5. The van der Waals surface area contributed by atoms with Crippen LogP contribution in [0.5, 0.6) is 0 Å². The van der Waals surface area contributed by atoms with Crippen molar-refractivity contribution in [3.63, 3.8) is 0 Å². The number of carbonyl (C=O) groups excluding carboxylic acids is 2. The molecule has 0 bridgehead atoms. The van der Waals surface area contributed by atoms with Crippen molar-refractivity contribution in [3.05, 3.63) is 87.7 Å². The Balaban J connectivity index is 1.50. The molecule has 2 N–H and O–H groups in total. The third-order valence-electron chi connectivity index (χ3n) is 5.80. The number of amides is 1. The summed E-state index contributed by atoms with van der Waals surface area (Å²) < 4.78 is 0. The van der Waals surface area contributed by atoms with E-state index in [1.807, 2.05) is 30.3 Å². The van der Waals surface area contributed by atoms with Crippen molar-refractivity contribution >= 4 is 23.3 Å². The number of nitrogens with zero attached hydrogens (tertiary/aromatic N) is 3. The highest BCUT2D eigenvalue weighted by atomic mass is 35.5. The SMILES string of the molecule is CC(=O)c1ccc(Cc2ncc(Cl)c(CCc3ccccc3C3(C(N)=O)CC3)n2)cn1. The normalized spacial score (nSPS) is 14.3. The van der Waals surface area contributed by atoms with Gasteiger partial charge >= 0.3 is 0 Å². The molecule has 4 rings (SSSR count). The molecule has 1 aliphatic rings. The van der Waals surface area contributed by atoms with Crippen LogP contribution in [0, 0.1) is 0 Å². The van der Waals surface area contributed by atoms with E-state index in [4.69, 9.17) is 17.3 Å². The summed E-state index contributed by atoms with van der Waals surface area (Å²) in [4.78, 5) is 36.5. The highest BCUT2D eigenvalue weighted by Gasteiger charge is 2.50. The van der Waals surface area contributed by atoms with E-state index in [2.05, 4.69) is 15.0 Å². The van der Waals surface area contributed by atoms with E-state index in [9.17, 15) is 9.59 Å². The molecule has 2 aromatic heterocycles. The first kappa shape index (κ1) is 21.1. The smallest absolute Gasteiger partial charge is 0.228 e. The zero-order valence-corrected chi connectivity index (χ0v) is 18.0. The minimum Gasteiger partial charge on any atom is -0.369 e. The molecule has 1 fully saturated rings. The van der Waals surface area contributed by atoms with Crippen LogP contribution in [-0.4, -0.2) is 26.6 Å². The molecule has 0 aliphatic heterocycles. The molecule has 1 aromatic carbocycles. The maximum absolute atomic E-state index is 12.0. The van der Waals surface area contributed by atoms with E-state index in [1.54, 1.807) is 18.5 Å². The van der Waals surface area contributed by atoms with Crippen LogP contribution in [-0.2, 0) is 29.5 Å². The Labute approximate surface area is 185 Å². The number of ketones is 1. The van der Waals surface area contributed by atoms with E-state index in [-0.39, 0.29) is 11.7 Å². The number of nitrogens with two attached hydrogens (primary N) is 1. The lowest BCUT2D eigenvalue weighted by molar-refractivity contribution is -0.120. The van der Waals surface area contributed by atoms with Crippen molar-refractivity contribution in [2.24, 2.45) is 5.73 Å². The summed E-state index contributed by atoms with van der Waals surface area (Å²) in [5.74, 6) is 0.314. The Hall–Kier alpha value is -3.12. The van der Waals surface area contributed by atoms with Gasteiger partial charge in [-0.2, -0.15) is 0 Å². The number of aryl methyl sites for hydroxylation is 2. The number of carbonyl (C=O) groups is 2. The molecule has 31 heavy (non-hydrogen) atoms. The van der Waals surface area contributed by atoms with Crippen LogP contribution in [0.2, 0.25) is 5.02 Å². The van der Waals surface area contributed by atoms with Gasteiger partial charge in [-0.1, -0.05) is 41.9 Å². The lowest BCUT2D eigenvalue weighted by atomic mass is 9.88. The van der Waals surface area contributed by atoms with Crippen molar-refractivity contribution in [1.82, 2.24) is 15.0 Å². The van der Waals surface area contributed by atoms with Gasteiger partial charge in [0.2, 0.25) is 5.91 Å². The van der Waals surface area contributed by atoms with Gasteiger partial charge in [-0.25, -0.2) is 9.97 Å². The van der Waals surface area contributed by atoms with Gasteiger partial charge in [0.05, 0.1) is 16.1 Å². The molecule has 1 aliphatic carbocycles. The molecular weight excluding hydrogens is 412 g/mol. The molecule has 7 heteroatoms. The third kappa shape index (κ3) is 4.49. The van der Waals surface area contributed by atoms with Crippen LogP contribution in [0.15, 0.2) is 48.8 Å². The molecule has 0 radical (unpaired) electrons. The second-order valence-corrected chi connectivity index (χ2v) is 8.38. The average molecular weight is 435 g/mol. The molecular formula is C24H23ClN4O2. The maximum Gasteiger partial charge on any atom is 0.228 e. The van der Waals surface area contributed by atoms with Gasteiger partial charge in [-0.3, -0.25) is 14.6 Å². The lowest BCUT2D eigenvalue weighted by Crippen LogP contribution is -2.29. The molecule has 0 saturated heterocycles. The number of hydrogen-bond donors (Lipinski definition) is 1. The van der Waals surface area contributed by atoms with Gasteiger partial charge in [-0.05, 0) is 48.4 Å². The number of halogens is 1. The molecule has 3 aromatic rings. The quantitative estimate of drug-likeness (QED) is 0.546. The van der Waals surface area contributed by atoms with Gasteiger partial charge in [0.15, 0.2) is 5.78 Å². The summed E-state index contributed by atoms with van der Waals surface area (Å²) in [6.07, 6.45) is 6.72. The fraction of sp³-hybridized carbons (Fsp3) is 0.292. The zero-order chi connectivity index (χ0) is 22.0. The minimum atomic E-state index is -0.518. The summed E-state index contributed by atoms with van der Waals surface area (Å²) in [5, 5.41) is 0.516. The molecule has 0 atom stereocenters. The molecule has 0 spiro atoms. The van der Waals surface area contributed by atoms with Gasteiger partial charge < -0.3 is 5.73 Å². The van der Waals surface area contributed by atoms with E-state index < -0.39 is 5.41 Å². The largest absolute Gasteiger partial charge is 0.369 e. The Bertz CT molecular complexity index is 1140. The fourth-order valence-corrected chi connectivity index (χ4v) is 4.04. The van der Waals surface area contributed by atoms with Crippen LogP contribution in [0.4, 0.5) is 0 Å². The van der Waals surface area contributed by atoms with Crippen molar-refractivity contribution in [2.45, 2.75) is 44.4 Å². The number of primary amides is 1. The van der Waals surface area contributed by atoms with Gasteiger partial charge in [0.1, 0.15) is 11.5 Å². The van der Waals surface area contributed by atoms with E-state index in [1.165, 1.54) is 6.92 Å². The summed E-state index contributed by atoms with van der Waals surface area (Å²) >= 11 is 6.36. The van der Waals surface area contributed by atoms with E-state index >= 15 is 0 Å². The van der Waals surface area contributed by atoms with Crippen molar-refractivity contribution in [3.8, 4) is 0 Å². The van der Waals surface area contributed by atoms with Crippen molar-refractivity contribution in [2.75, 3.05) is 0 Å². The Morgan fingerprint density at radius 2 is 1.84 bits per heavy atom. The second kappa shape index (κ2) is 8.55. The molecule has 1 amide bonds. The Morgan fingerprint density at radius 3 is 2.48 bits per heavy atom. The van der Waals surface area contributed by atoms with E-state index in [0.717, 1.165) is 35.2 Å². The van der Waals surface area contributed by atoms with Gasteiger partial charge in [0.25, 0.3) is 0 Å². The van der Waals surface area contributed by atoms with E-state index in [0.29, 0.717) is 35.8 Å². The average Bonchev–Trinajstić information content (AvgIpc) is 3.57. The number of rotatable bonds is 8. The first-order valence-electron chi connectivity index (χ1n) is 10.2. The monoisotopic (exact) mass is 434 g/mol. The topological polar surface area (TPSA) is 98.8 Å². The highest BCUT2D eigenvalue weighted by molar-refractivity contribution is 6.31. The van der Waals surface area contributed by atoms with Crippen LogP contribution < -0.4 is 5.73 Å². The van der Waals surface area contributed by atoms with Gasteiger partial charge in [0, 0.05) is 25.7 Å². The first-order valence-corrected chi connectivity index (χ1v) is 10.6. The van der Waals surface area contributed by atoms with Crippen LogP contribution in [0.25, 0.3) is 0 Å². The minimum absolute atomic E-state index is 0.0684. The predicted molar refractivity (Wildman–Crippen MR) is 118 cm³/mol. The second-order valence-electron chi connectivity index (χ2n) is 7.97. The number of Topliss-reactive ketones (excluding diaryl/α,β-unsaturated/α-hetero) is 1. The fourth-order valence-electron chi connectivity index (χ4n) is 3.86. The molecule has 6 nitrogen and oxygen atoms in total. The molecule has 158 valence electrons. The molecule has 2 heterocycles. The number of aromatic nitrogens is 3.